The van der Waals surface area contributed by atoms with E-state index in [2.05, 4.69) is 47.0 Å². The fraction of sp³-hybridized carbons (Fsp3) is 0.304. The number of rotatable bonds is 6. The zero-order valence-corrected chi connectivity index (χ0v) is 20.2. The maximum absolute atomic E-state index is 12.8. The van der Waals surface area contributed by atoms with Crippen molar-refractivity contribution in [2.24, 2.45) is 0 Å². The van der Waals surface area contributed by atoms with Gasteiger partial charge in [0.2, 0.25) is 0 Å². The summed E-state index contributed by atoms with van der Waals surface area (Å²) in [5.74, 6) is 0.117. The highest BCUT2D eigenvalue weighted by Crippen LogP contribution is 2.35. The summed E-state index contributed by atoms with van der Waals surface area (Å²) >= 11 is 2.71. The number of benzene rings is 1. The first kappa shape index (κ1) is 22.3. The van der Waals surface area contributed by atoms with Gasteiger partial charge in [-0.25, -0.2) is 14.8 Å². The molecule has 1 N–H and O–H groups in total. The zero-order chi connectivity index (χ0) is 23.0. The van der Waals surface area contributed by atoms with E-state index >= 15 is 0 Å². The molecule has 0 aliphatic carbocycles. The van der Waals surface area contributed by atoms with Crippen LogP contribution >= 0.6 is 23.1 Å². The molecule has 0 aliphatic heterocycles. The van der Waals surface area contributed by atoms with Crippen molar-refractivity contribution in [1.29, 1.82) is 0 Å². The Labute approximate surface area is 193 Å². The van der Waals surface area contributed by atoms with Gasteiger partial charge in [0.25, 0.3) is 5.56 Å². The van der Waals surface area contributed by atoms with Crippen LogP contribution in [0.5, 0.6) is 0 Å². The molecule has 166 valence electrons. The highest BCUT2D eigenvalue weighted by Gasteiger charge is 2.22. The molecule has 0 aliphatic rings. The maximum Gasteiger partial charge on any atom is 0.348 e. The van der Waals surface area contributed by atoms with E-state index in [1.165, 1.54) is 28.7 Å². The fourth-order valence-electron chi connectivity index (χ4n) is 3.50. The van der Waals surface area contributed by atoms with Gasteiger partial charge in [-0.3, -0.25) is 9.36 Å². The van der Waals surface area contributed by atoms with E-state index < -0.39 is 5.97 Å². The van der Waals surface area contributed by atoms with Gasteiger partial charge in [-0.1, -0.05) is 23.9 Å². The normalized spacial score (nSPS) is 12.3. The van der Waals surface area contributed by atoms with E-state index in [0.29, 0.717) is 26.5 Å². The van der Waals surface area contributed by atoms with Crippen LogP contribution in [0.25, 0.3) is 15.9 Å². The maximum atomic E-state index is 12.8. The summed E-state index contributed by atoms with van der Waals surface area (Å²) in [6.45, 7) is 9.89. The molecule has 32 heavy (non-hydrogen) atoms. The lowest BCUT2D eigenvalue weighted by Gasteiger charge is -2.14. The standard InChI is InChI=1S/C23H24N4O3S2/c1-6-30-22(29)18-14(4)17-20(28)25-19(26-21(17)32-18)15(5)31-23-24-9-10-27(23)16-11-12(2)7-8-13(16)3/h7-11,15H,6H2,1-5H3,(H,25,26,28). The number of hydrogen-bond acceptors (Lipinski definition) is 7. The molecule has 1 aromatic carbocycles. The number of nitrogens with zero attached hydrogens (tertiary/aromatic N) is 3. The number of thioether (sulfide) groups is 1. The van der Waals surface area contributed by atoms with Crippen molar-refractivity contribution in [1.82, 2.24) is 19.5 Å². The average molecular weight is 469 g/mol. The first-order chi connectivity index (χ1) is 15.3. The molecule has 7 nitrogen and oxygen atoms in total. The Kier molecular flexibility index (Phi) is 6.21. The van der Waals surface area contributed by atoms with Crippen molar-refractivity contribution < 1.29 is 9.53 Å². The smallest absolute Gasteiger partial charge is 0.348 e. The molecule has 3 heterocycles. The first-order valence-corrected chi connectivity index (χ1v) is 12.0. The minimum absolute atomic E-state index is 0.160. The van der Waals surface area contributed by atoms with Crippen LogP contribution in [0.15, 0.2) is 40.5 Å². The number of H-pyrrole nitrogens is 1. The van der Waals surface area contributed by atoms with Gasteiger partial charge in [0.1, 0.15) is 15.5 Å². The second-order valence-electron chi connectivity index (χ2n) is 7.54. The number of aromatic nitrogens is 4. The molecular formula is C23H24N4O3S2. The predicted octanol–water partition coefficient (Wildman–Crippen LogP) is 5.13. The second-order valence-corrected chi connectivity index (χ2v) is 9.84. The minimum Gasteiger partial charge on any atom is -0.462 e. The summed E-state index contributed by atoms with van der Waals surface area (Å²) in [6, 6.07) is 6.31. The highest BCUT2D eigenvalue weighted by atomic mass is 32.2. The van der Waals surface area contributed by atoms with E-state index in [1.807, 2.05) is 17.7 Å². The summed E-state index contributed by atoms with van der Waals surface area (Å²) in [5.41, 5.74) is 3.75. The van der Waals surface area contributed by atoms with Crippen LogP contribution in [-0.4, -0.2) is 32.1 Å². The summed E-state index contributed by atoms with van der Waals surface area (Å²) in [6.07, 6.45) is 3.70. The average Bonchev–Trinajstić information content (AvgIpc) is 3.34. The second kappa shape index (κ2) is 8.91. The number of hydrogen-bond donors (Lipinski definition) is 1. The molecule has 0 spiro atoms. The molecular weight excluding hydrogens is 444 g/mol. The Morgan fingerprint density at radius 3 is 2.84 bits per heavy atom. The summed E-state index contributed by atoms with van der Waals surface area (Å²) in [4.78, 5) is 38.1. The topological polar surface area (TPSA) is 89.9 Å². The third-order valence-electron chi connectivity index (χ3n) is 5.18. The fourth-order valence-corrected chi connectivity index (χ4v) is 5.51. The van der Waals surface area contributed by atoms with E-state index in [-0.39, 0.29) is 17.4 Å². The van der Waals surface area contributed by atoms with Gasteiger partial charge in [-0.05, 0) is 57.4 Å². The number of ether oxygens (including phenoxy) is 1. The first-order valence-electron chi connectivity index (χ1n) is 10.3. The number of imidazole rings is 1. The third kappa shape index (κ3) is 4.10. The van der Waals surface area contributed by atoms with Crippen LogP contribution < -0.4 is 5.56 Å². The van der Waals surface area contributed by atoms with Crippen LogP contribution in [0, 0.1) is 20.8 Å². The molecule has 0 radical (unpaired) electrons. The molecule has 1 unspecified atom stereocenters. The molecule has 4 rings (SSSR count). The molecule has 0 amide bonds. The number of esters is 1. The summed E-state index contributed by atoms with van der Waals surface area (Å²) in [7, 11) is 0. The van der Waals surface area contributed by atoms with Gasteiger partial charge in [0.05, 0.1) is 22.9 Å². The van der Waals surface area contributed by atoms with Gasteiger partial charge in [-0.15, -0.1) is 11.3 Å². The number of nitrogens with one attached hydrogen (secondary N) is 1. The van der Waals surface area contributed by atoms with Crippen LogP contribution in [0.4, 0.5) is 0 Å². The van der Waals surface area contributed by atoms with Crippen molar-refractivity contribution in [3.05, 3.63) is 68.3 Å². The van der Waals surface area contributed by atoms with Crippen molar-refractivity contribution in [2.75, 3.05) is 6.61 Å². The van der Waals surface area contributed by atoms with Gasteiger partial charge >= 0.3 is 5.97 Å². The van der Waals surface area contributed by atoms with Gasteiger partial charge in [-0.2, -0.15) is 0 Å². The van der Waals surface area contributed by atoms with E-state index in [4.69, 9.17) is 4.74 Å². The largest absolute Gasteiger partial charge is 0.462 e. The molecule has 0 saturated carbocycles. The zero-order valence-electron chi connectivity index (χ0n) is 18.6. The molecule has 9 heteroatoms. The summed E-state index contributed by atoms with van der Waals surface area (Å²) < 4.78 is 7.17. The predicted molar refractivity (Wildman–Crippen MR) is 128 cm³/mol. The van der Waals surface area contributed by atoms with Gasteiger partial charge in [0.15, 0.2) is 5.16 Å². The third-order valence-corrected chi connectivity index (χ3v) is 7.43. The Morgan fingerprint density at radius 1 is 1.31 bits per heavy atom. The molecule has 0 bridgehead atoms. The van der Waals surface area contributed by atoms with Crippen molar-refractivity contribution >= 4 is 39.3 Å². The van der Waals surface area contributed by atoms with Crippen LogP contribution in [-0.2, 0) is 4.74 Å². The number of aryl methyl sites for hydroxylation is 3. The minimum atomic E-state index is -0.424. The monoisotopic (exact) mass is 468 g/mol. The lowest BCUT2D eigenvalue weighted by atomic mass is 10.1. The van der Waals surface area contributed by atoms with Crippen molar-refractivity contribution in [3.8, 4) is 5.69 Å². The van der Waals surface area contributed by atoms with E-state index in [9.17, 15) is 9.59 Å². The molecule has 0 saturated heterocycles. The number of fused-ring (bicyclic) bond motifs is 1. The lowest BCUT2D eigenvalue weighted by molar-refractivity contribution is 0.0531. The van der Waals surface area contributed by atoms with Crippen molar-refractivity contribution in [3.63, 3.8) is 0 Å². The quantitative estimate of drug-likeness (QED) is 0.312. The molecule has 1 atom stereocenters. The Morgan fingerprint density at radius 2 is 2.09 bits per heavy atom. The highest BCUT2D eigenvalue weighted by molar-refractivity contribution is 7.99. The van der Waals surface area contributed by atoms with Gasteiger partial charge in [0, 0.05) is 12.4 Å². The Balaban J connectivity index is 1.68. The van der Waals surface area contributed by atoms with Crippen LogP contribution in [0.2, 0.25) is 0 Å². The molecule has 4 aromatic rings. The Bertz CT molecular complexity index is 1370. The van der Waals surface area contributed by atoms with E-state index in [1.54, 1.807) is 20.0 Å². The Hall–Kier alpha value is -2.91. The number of thiophene rings is 1. The van der Waals surface area contributed by atoms with E-state index in [0.717, 1.165) is 16.4 Å². The summed E-state index contributed by atoms with van der Waals surface area (Å²) in [5, 5.41) is 1.09. The SMILES string of the molecule is CCOC(=O)c1sc2nc(C(C)Sc3nccn3-c3cc(C)ccc3C)[nH]c(=O)c2c1C. The number of aromatic amines is 1. The van der Waals surface area contributed by atoms with Gasteiger partial charge < -0.3 is 9.72 Å². The van der Waals surface area contributed by atoms with Crippen molar-refractivity contribution in [2.45, 2.75) is 45.0 Å². The molecule has 3 aromatic heterocycles. The number of carbonyl (C=O) groups is 1. The van der Waals surface area contributed by atoms with Crippen LogP contribution in [0.1, 0.15) is 51.3 Å². The lowest BCUT2D eigenvalue weighted by Crippen LogP contribution is -2.13. The van der Waals surface area contributed by atoms with Crippen LogP contribution in [0.3, 0.4) is 0 Å². The number of carbonyl (C=O) groups excluding carboxylic acids is 1. The molecule has 0 fully saturated rings.